The first-order valence-corrected chi connectivity index (χ1v) is 4.80. The number of aliphatic hydroxyl groups is 1. The van der Waals surface area contributed by atoms with Gasteiger partial charge in [0.1, 0.15) is 6.10 Å². The van der Waals surface area contributed by atoms with Crippen molar-refractivity contribution < 1.29 is 18.5 Å². The van der Waals surface area contributed by atoms with Crippen LogP contribution in [-0.2, 0) is 0 Å². The van der Waals surface area contributed by atoms with Gasteiger partial charge in [0.15, 0.2) is 11.0 Å². The predicted molar refractivity (Wildman–Crippen MR) is 56.7 cm³/mol. The molecule has 1 unspecified atom stereocenters. The summed E-state index contributed by atoms with van der Waals surface area (Å²) in [6.45, 7) is -0.302. The first-order chi connectivity index (χ1) is 8.09. The predicted octanol–water partition coefficient (Wildman–Crippen LogP) is 0.843. The number of nitrogens with one attached hydrogen (secondary N) is 1. The number of rotatable bonds is 4. The average Bonchev–Trinajstić information content (AvgIpc) is 2.77. The maximum atomic E-state index is 12.1. The third-order valence-corrected chi connectivity index (χ3v) is 2.24. The number of anilines is 2. The Labute approximate surface area is 94.4 Å². The number of aliphatic hydroxyl groups excluding tert-OH is 1. The zero-order valence-electron chi connectivity index (χ0n) is 8.60. The first-order valence-electron chi connectivity index (χ1n) is 4.80. The van der Waals surface area contributed by atoms with E-state index in [2.05, 4.69) is 20.3 Å². The molecule has 6 nitrogen and oxygen atoms in total. The molecule has 0 spiro atoms. The summed E-state index contributed by atoms with van der Waals surface area (Å²) in [5, 5.41) is 18.8. The van der Waals surface area contributed by atoms with Crippen LogP contribution in [0.25, 0.3) is 11.0 Å². The number of hydrogen-bond acceptors (Lipinski definition) is 6. The minimum absolute atomic E-state index is 0.302. The Balaban J connectivity index is 2.19. The fourth-order valence-corrected chi connectivity index (χ4v) is 1.33. The topological polar surface area (TPSA) is 97.2 Å². The fraction of sp³-hybridized carbons (Fsp3) is 0.333. The molecule has 17 heavy (non-hydrogen) atoms. The lowest BCUT2D eigenvalue weighted by Crippen LogP contribution is -2.26. The van der Waals surface area contributed by atoms with Crippen molar-refractivity contribution in [2.24, 2.45) is 0 Å². The summed E-state index contributed by atoms with van der Waals surface area (Å²) in [6, 6.07) is 3.10. The molecule has 0 fully saturated rings. The summed E-state index contributed by atoms with van der Waals surface area (Å²) in [6.07, 6.45) is -4.55. The van der Waals surface area contributed by atoms with E-state index >= 15 is 0 Å². The Bertz CT molecular complexity index is 517. The van der Waals surface area contributed by atoms with Crippen molar-refractivity contribution in [3.63, 3.8) is 0 Å². The molecule has 92 valence electrons. The van der Waals surface area contributed by atoms with Crippen LogP contribution in [0, 0.1) is 0 Å². The quantitative estimate of drug-likeness (QED) is 0.689. The highest BCUT2D eigenvalue weighted by Crippen LogP contribution is 2.25. The third-order valence-electron chi connectivity index (χ3n) is 2.24. The zero-order chi connectivity index (χ0) is 12.4. The number of nitrogens with two attached hydrogens (primary N) is 1. The van der Waals surface area contributed by atoms with Crippen molar-refractivity contribution >= 4 is 22.4 Å². The van der Waals surface area contributed by atoms with Crippen LogP contribution in [0.2, 0.25) is 0 Å². The van der Waals surface area contributed by atoms with Gasteiger partial charge < -0.3 is 16.2 Å². The van der Waals surface area contributed by atoms with Crippen LogP contribution in [-0.4, -0.2) is 34.5 Å². The van der Waals surface area contributed by atoms with Gasteiger partial charge in [-0.1, -0.05) is 0 Å². The fourth-order valence-electron chi connectivity index (χ4n) is 1.33. The Hall–Kier alpha value is -1.96. The van der Waals surface area contributed by atoms with Crippen LogP contribution in [0.15, 0.2) is 16.8 Å². The molecule has 0 aliphatic carbocycles. The van der Waals surface area contributed by atoms with Gasteiger partial charge in [-0.2, -0.15) is 0 Å². The average molecular weight is 244 g/mol. The molecule has 0 aliphatic heterocycles. The number of halogens is 2. The second kappa shape index (κ2) is 4.50. The highest BCUT2D eigenvalue weighted by atomic mass is 19.3. The van der Waals surface area contributed by atoms with Crippen molar-refractivity contribution in [1.29, 1.82) is 0 Å². The van der Waals surface area contributed by atoms with Crippen molar-refractivity contribution in [3.05, 3.63) is 12.1 Å². The van der Waals surface area contributed by atoms with E-state index in [1.807, 2.05) is 0 Å². The molecule has 0 aliphatic rings. The van der Waals surface area contributed by atoms with Crippen LogP contribution in [0.3, 0.4) is 0 Å². The Morgan fingerprint density at radius 3 is 2.76 bits per heavy atom. The van der Waals surface area contributed by atoms with E-state index in [9.17, 15) is 8.78 Å². The lowest BCUT2D eigenvalue weighted by Gasteiger charge is -2.11. The molecule has 0 saturated carbocycles. The van der Waals surface area contributed by atoms with Gasteiger partial charge in [-0.25, -0.2) is 13.4 Å². The molecule has 2 rings (SSSR count). The summed E-state index contributed by atoms with van der Waals surface area (Å²) in [5.74, 6) is 0. The number of fused-ring (bicyclic) bond motifs is 1. The van der Waals surface area contributed by atoms with Crippen LogP contribution >= 0.6 is 0 Å². The SMILES string of the molecule is Nc1ccc(NCC(O)C(F)F)c2nonc12. The summed E-state index contributed by atoms with van der Waals surface area (Å²) in [7, 11) is 0. The summed E-state index contributed by atoms with van der Waals surface area (Å²) >= 11 is 0. The van der Waals surface area contributed by atoms with Crippen LogP contribution < -0.4 is 11.1 Å². The molecule has 8 heteroatoms. The molecule has 2 aromatic rings. The minimum atomic E-state index is -2.80. The molecule has 0 radical (unpaired) electrons. The van der Waals surface area contributed by atoms with Crippen LogP contribution in [0.1, 0.15) is 0 Å². The zero-order valence-corrected chi connectivity index (χ0v) is 8.60. The van der Waals surface area contributed by atoms with Gasteiger partial charge in [-0.05, 0) is 22.4 Å². The van der Waals surface area contributed by atoms with Gasteiger partial charge in [0.2, 0.25) is 0 Å². The number of alkyl halides is 2. The van der Waals surface area contributed by atoms with Gasteiger partial charge >= 0.3 is 0 Å². The summed E-state index contributed by atoms with van der Waals surface area (Å²) in [5.41, 5.74) is 7.10. The number of benzene rings is 1. The van der Waals surface area contributed by atoms with Gasteiger partial charge in [-0.3, -0.25) is 0 Å². The monoisotopic (exact) mass is 244 g/mol. The number of hydrogen-bond donors (Lipinski definition) is 3. The minimum Gasteiger partial charge on any atom is -0.397 e. The Morgan fingerprint density at radius 2 is 2.06 bits per heavy atom. The molecule has 1 atom stereocenters. The van der Waals surface area contributed by atoms with Gasteiger partial charge in [0.25, 0.3) is 6.43 Å². The van der Waals surface area contributed by atoms with E-state index in [4.69, 9.17) is 10.8 Å². The molecule has 1 aromatic carbocycles. The molecule has 1 aromatic heterocycles. The van der Waals surface area contributed by atoms with E-state index in [1.165, 1.54) is 0 Å². The lowest BCUT2D eigenvalue weighted by molar-refractivity contribution is 0.00386. The van der Waals surface area contributed by atoms with Crippen LogP contribution in [0.5, 0.6) is 0 Å². The van der Waals surface area contributed by atoms with Crippen molar-refractivity contribution in [2.45, 2.75) is 12.5 Å². The maximum absolute atomic E-state index is 12.1. The second-order valence-corrected chi connectivity index (χ2v) is 3.45. The van der Waals surface area contributed by atoms with E-state index in [0.29, 0.717) is 22.4 Å². The number of aromatic nitrogens is 2. The van der Waals surface area contributed by atoms with E-state index in [1.54, 1.807) is 12.1 Å². The van der Waals surface area contributed by atoms with E-state index < -0.39 is 12.5 Å². The van der Waals surface area contributed by atoms with Gasteiger partial charge in [-0.15, -0.1) is 0 Å². The van der Waals surface area contributed by atoms with Gasteiger partial charge in [0.05, 0.1) is 11.4 Å². The second-order valence-electron chi connectivity index (χ2n) is 3.45. The number of nitrogen functional groups attached to an aromatic ring is 1. The smallest absolute Gasteiger partial charge is 0.265 e. The van der Waals surface area contributed by atoms with Crippen LogP contribution in [0.4, 0.5) is 20.2 Å². The Kier molecular flexibility index (Phi) is 3.05. The van der Waals surface area contributed by atoms with Crippen molar-refractivity contribution in [3.8, 4) is 0 Å². The highest BCUT2D eigenvalue weighted by Gasteiger charge is 2.17. The van der Waals surface area contributed by atoms with Crippen molar-refractivity contribution in [2.75, 3.05) is 17.6 Å². The largest absolute Gasteiger partial charge is 0.397 e. The molecular formula is C9H10F2N4O2. The lowest BCUT2D eigenvalue weighted by atomic mass is 10.2. The molecule has 0 saturated heterocycles. The van der Waals surface area contributed by atoms with Crippen molar-refractivity contribution in [1.82, 2.24) is 10.3 Å². The Morgan fingerprint density at radius 1 is 1.35 bits per heavy atom. The summed E-state index contributed by atoms with van der Waals surface area (Å²) in [4.78, 5) is 0. The van der Waals surface area contributed by atoms with Gasteiger partial charge in [0, 0.05) is 6.54 Å². The molecular weight excluding hydrogens is 234 g/mol. The normalized spacial score (nSPS) is 13.2. The molecule has 4 N–H and O–H groups in total. The maximum Gasteiger partial charge on any atom is 0.265 e. The molecule has 1 heterocycles. The standard InChI is InChI=1S/C9H10F2N4O2/c10-9(11)6(16)3-13-5-2-1-4(12)7-8(5)15-17-14-7/h1-2,6,9,13,16H,3,12H2. The van der Waals surface area contributed by atoms with E-state index in [-0.39, 0.29) is 6.54 Å². The highest BCUT2D eigenvalue weighted by molar-refractivity contribution is 5.94. The van der Waals surface area contributed by atoms with E-state index in [0.717, 1.165) is 0 Å². The number of nitrogens with zero attached hydrogens (tertiary/aromatic N) is 2. The first kappa shape index (κ1) is 11.5. The molecule has 0 amide bonds. The molecule has 0 bridgehead atoms. The third kappa shape index (κ3) is 2.26. The summed E-state index contributed by atoms with van der Waals surface area (Å²) < 4.78 is 28.7.